The molecule has 1 rings (SSSR count). The Morgan fingerprint density at radius 3 is 2.64 bits per heavy atom. The summed E-state index contributed by atoms with van der Waals surface area (Å²) in [5.74, 6) is 0.108. The van der Waals surface area contributed by atoms with Crippen molar-refractivity contribution < 1.29 is 9.59 Å². The molecule has 0 aromatic carbocycles. The molecule has 0 aromatic rings. The van der Waals surface area contributed by atoms with E-state index >= 15 is 0 Å². The highest BCUT2D eigenvalue weighted by Gasteiger charge is 2.29. The monoisotopic (exact) mass is 306 g/mol. The minimum Gasteiger partial charge on any atom is -0.339 e. The Morgan fingerprint density at radius 1 is 1.41 bits per heavy atom. The molecule has 1 unspecified atom stereocenters. The summed E-state index contributed by atoms with van der Waals surface area (Å²) >= 11 is 0. The zero-order valence-corrected chi connectivity index (χ0v) is 14.3. The second kappa shape index (κ2) is 9.57. The summed E-state index contributed by atoms with van der Waals surface area (Å²) < 4.78 is 0. The molecule has 22 heavy (non-hydrogen) atoms. The van der Waals surface area contributed by atoms with Crippen LogP contribution in [-0.2, 0) is 9.59 Å². The molecule has 1 amide bonds. The third-order valence-corrected chi connectivity index (χ3v) is 4.33. The van der Waals surface area contributed by atoms with Crippen LogP contribution in [0.3, 0.4) is 0 Å². The molecule has 1 saturated heterocycles. The number of likely N-dealkylation sites (tertiary alicyclic amines) is 1. The third kappa shape index (κ3) is 5.41. The van der Waals surface area contributed by atoms with Crippen molar-refractivity contribution in [1.29, 1.82) is 0 Å². The molecule has 4 heteroatoms. The van der Waals surface area contributed by atoms with E-state index < -0.39 is 0 Å². The van der Waals surface area contributed by atoms with Crippen molar-refractivity contribution in [1.82, 2.24) is 10.2 Å². The standard InChI is InChI=1S/C18H30N2O2/c1-5-8-16(6-2)10-11-17(13-21)19-15(4)18(22)20-12-7-9-14(20)3/h5-6,8,13-15,17,19H,7,9-12H2,1-4H3/b8-5-,16-6+/t14?,15-,17-/m0/s1. The Bertz CT molecular complexity index is 429. The number of hydrogen-bond acceptors (Lipinski definition) is 3. The molecule has 0 radical (unpaired) electrons. The number of nitrogens with one attached hydrogen (secondary N) is 1. The Kier molecular flexibility index (Phi) is 8.10. The van der Waals surface area contributed by atoms with Gasteiger partial charge < -0.3 is 9.69 Å². The van der Waals surface area contributed by atoms with Crippen LogP contribution in [0.25, 0.3) is 0 Å². The van der Waals surface area contributed by atoms with E-state index in [0.717, 1.165) is 32.1 Å². The number of nitrogens with zero attached hydrogens (tertiary/aromatic N) is 1. The molecule has 124 valence electrons. The van der Waals surface area contributed by atoms with E-state index in [1.165, 1.54) is 5.57 Å². The number of allylic oxidation sites excluding steroid dienone is 4. The van der Waals surface area contributed by atoms with Crippen LogP contribution in [0.4, 0.5) is 0 Å². The maximum absolute atomic E-state index is 12.4. The van der Waals surface area contributed by atoms with Crippen molar-refractivity contribution in [2.45, 2.75) is 71.5 Å². The summed E-state index contributed by atoms with van der Waals surface area (Å²) in [6.07, 6.45) is 10.7. The van der Waals surface area contributed by atoms with Gasteiger partial charge in [-0.1, -0.05) is 23.8 Å². The van der Waals surface area contributed by atoms with Crippen LogP contribution in [0.5, 0.6) is 0 Å². The van der Waals surface area contributed by atoms with Crippen LogP contribution < -0.4 is 5.32 Å². The first-order valence-corrected chi connectivity index (χ1v) is 8.33. The third-order valence-electron chi connectivity index (χ3n) is 4.33. The van der Waals surface area contributed by atoms with Gasteiger partial charge in [-0.05, 0) is 53.4 Å². The van der Waals surface area contributed by atoms with Gasteiger partial charge in [0.2, 0.25) is 5.91 Å². The van der Waals surface area contributed by atoms with E-state index in [1.54, 1.807) is 0 Å². The van der Waals surface area contributed by atoms with Crippen LogP contribution in [0, 0.1) is 0 Å². The van der Waals surface area contributed by atoms with Crippen molar-refractivity contribution in [3.8, 4) is 0 Å². The van der Waals surface area contributed by atoms with E-state index in [9.17, 15) is 9.59 Å². The molecule has 1 heterocycles. The number of hydrogen-bond donors (Lipinski definition) is 1. The highest BCUT2D eigenvalue weighted by atomic mass is 16.2. The number of carbonyl (C=O) groups is 2. The average molecular weight is 306 g/mol. The second-order valence-corrected chi connectivity index (χ2v) is 6.06. The number of rotatable bonds is 8. The van der Waals surface area contributed by atoms with E-state index in [4.69, 9.17) is 0 Å². The van der Waals surface area contributed by atoms with Crippen LogP contribution in [0.15, 0.2) is 23.8 Å². The normalized spacial score (nSPS) is 22.1. The van der Waals surface area contributed by atoms with Crippen LogP contribution in [0.1, 0.15) is 53.4 Å². The molecule has 1 aliphatic heterocycles. The van der Waals surface area contributed by atoms with Crippen molar-refractivity contribution in [2.24, 2.45) is 0 Å². The van der Waals surface area contributed by atoms with Crippen LogP contribution in [-0.4, -0.2) is 41.8 Å². The van der Waals surface area contributed by atoms with Crippen molar-refractivity contribution in [2.75, 3.05) is 6.54 Å². The smallest absolute Gasteiger partial charge is 0.239 e. The summed E-state index contributed by atoms with van der Waals surface area (Å²) in [6.45, 7) is 8.76. The molecule has 0 bridgehead atoms. The number of aldehydes is 1. The van der Waals surface area contributed by atoms with Gasteiger partial charge in [0.1, 0.15) is 6.29 Å². The zero-order chi connectivity index (χ0) is 16.5. The Hall–Kier alpha value is -1.42. The van der Waals surface area contributed by atoms with E-state index in [-0.39, 0.29) is 18.0 Å². The topological polar surface area (TPSA) is 49.4 Å². The summed E-state index contributed by atoms with van der Waals surface area (Å²) in [5.41, 5.74) is 1.21. The van der Waals surface area contributed by atoms with Gasteiger partial charge in [0.05, 0.1) is 12.1 Å². The summed E-state index contributed by atoms with van der Waals surface area (Å²) in [6, 6.07) is -0.278. The first-order chi connectivity index (χ1) is 10.5. The molecular formula is C18H30N2O2. The minimum absolute atomic E-state index is 0.108. The van der Waals surface area contributed by atoms with Crippen molar-refractivity contribution in [3.63, 3.8) is 0 Å². The summed E-state index contributed by atoms with van der Waals surface area (Å²) in [7, 11) is 0. The van der Waals surface area contributed by atoms with Gasteiger partial charge in [-0.3, -0.25) is 10.1 Å². The average Bonchev–Trinajstić information content (AvgIpc) is 2.94. The molecule has 0 aliphatic carbocycles. The molecule has 1 aliphatic rings. The predicted molar refractivity (Wildman–Crippen MR) is 90.7 cm³/mol. The van der Waals surface area contributed by atoms with Gasteiger partial charge in [-0.25, -0.2) is 0 Å². The molecule has 1 N–H and O–H groups in total. The molecule has 3 atom stereocenters. The molecule has 1 fully saturated rings. The van der Waals surface area contributed by atoms with Crippen LogP contribution >= 0.6 is 0 Å². The summed E-state index contributed by atoms with van der Waals surface area (Å²) in [5, 5.41) is 3.17. The maximum Gasteiger partial charge on any atom is 0.239 e. The van der Waals surface area contributed by atoms with Crippen molar-refractivity contribution in [3.05, 3.63) is 23.8 Å². The Labute approximate surface area is 134 Å². The second-order valence-electron chi connectivity index (χ2n) is 6.06. The number of carbonyl (C=O) groups excluding carboxylic acids is 2. The van der Waals surface area contributed by atoms with Gasteiger partial charge in [-0.15, -0.1) is 0 Å². The summed E-state index contributed by atoms with van der Waals surface area (Å²) in [4.78, 5) is 25.6. The fourth-order valence-electron chi connectivity index (χ4n) is 2.95. The van der Waals surface area contributed by atoms with Gasteiger partial charge >= 0.3 is 0 Å². The highest BCUT2D eigenvalue weighted by molar-refractivity contribution is 5.82. The Balaban J connectivity index is 2.50. The van der Waals surface area contributed by atoms with Gasteiger partial charge in [0.15, 0.2) is 0 Å². The molecule has 4 nitrogen and oxygen atoms in total. The van der Waals surface area contributed by atoms with Crippen LogP contribution in [0.2, 0.25) is 0 Å². The zero-order valence-electron chi connectivity index (χ0n) is 14.3. The lowest BCUT2D eigenvalue weighted by atomic mass is 10.0. The highest BCUT2D eigenvalue weighted by Crippen LogP contribution is 2.17. The Morgan fingerprint density at radius 2 is 2.14 bits per heavy atom. The van der Waals surface area contributed by atoms with E-state index in [0.29, 0.717) is 12.5 Å². The largest absolute Gasteiger partial charge is 0.339 e. The predicted octanol–water partition coefficient (Wildman–Crippen LogP) is 2.85. The maximum atomic E-state index is 12.4. The SMILES string of the molecule is C/C=C\C(=C/C)CC[C@@H](C=O)N[C@@H](C)C(=O)N1CCCC1C. The lowest BCUT2D eigenvalue weighted by molar-refractivity contribution is -0.133. The van der Waals surface area contributed by atoms with Crippen molar-refractivity contribution >= 4 is 12.2 Å². The first-order valence-electron chi connectivity index (χ1n) is 8.33. The molecule has 0 saturated carbocycles. The fraction of sp³-hybridized carbons (Fsp3) is 0.667. The number of amides is 1. The lowest BCUT2D eigenvalue weighted by Crippen LogP contribution is -2.49. The lowest BCUT2D eigenvalue weighted by Gasteiger charge is -2.27. The fourth-order valence-corrected chi connectivity index (χ4v) is 2.95. The van der Waals surface area contributed by atoms with Gasteiger partial charge in [-0.2, -0.15) is 0 Å². The molecule has 0 aromatic heterocycles. The van der Waals surface area contributed by atoms with Gasteiger partial charge in [0, 0.05) is 12.6 Å². The van der Waals surface area contributed by atoms with E-state index in [1.807, 2.05) is 31.7 Å². The quantitative estimate of drug-likeness (QED) is 0.554. The minimum atomic E-state index is -0.313. The van der Waals surface area contributed by atoms with Gasteiger partial charge in [0.25, 0.3) is 0 Å². The molecule has 0 spiro atoms. The molecular weight excluding hydrogens is 276 g/mol. The first kappa shape index (κ1) is 18.6. The van der Waals surface area contributed by atoms with E-state index in [2.05, 4.69) is 24.4 Å².